The van der Waals surface area contributed by atoms with E-state index in [0.29, 0.717) is 25.9 Å². The zero-order valence-electron chi connectivity index (χ0n) is 14.8. The summed E-state index contributed by atoms with van der Waals surface area (Å²) in [6.07, 6.45) is 3.26. The molecule has 1 aromatic heterocycles. The smallest absolute Gasteiger partial charge is 0.325 e. The Morgan fingerprint density at radius 2 is 1.88 bits per heavy atom. The van der Waals surface area contributed by atoms with Crippen molar-refractivity contribution in [1.82, 2.24) is 20.0 Å². The van der Waals surface area contributed by atoms with Crippen molar-refractivity contribution in [2.45, 2.75) is 37.8 Å². The molecular formula is C18H24N4O3S. The summed E-state index contributed by atoms with van der Waals surface area (Å²) in [6.45, 7) is 3.66. The average molecular weight is 376 g/mol. The van der Waals surface area contributed by atoms with Crippen molar-refractivity contribution in [3.8, 4) is 0 Å². The van der Waals surface area contributed by atoms with Crippen molar-refractivity contribution in [2.24, 2.45) is 0 Å². The molecule has 1 spiro atoms. The van der Waals surface area contributed by atoms with Gasteiger partial charge in [-0.3, -0.25) is 19.4 Å². The fourth-order valence-corrected chi connectivity index (χ4v) is 4.83. The Morgan fingerprint density at radius 1 is 1.15 bits per heavy atom. The first-order valence-corrected chi connectivity index (χ1v) is 10.2. The molecule has 2 aliphatic heterocycles. The summed E-state index contributed by atoms with van der Waals surface area (Å²) in [5, 5.41) is 7.05. The molecule has 4 amide bonds. The van der Waals surface area contributed by atoms with Crippen molar-refractivity contribution in [1.29, 1.82) is 0 Å². The van der Waals surface area contributed by atoms with Crippen LogP contribution in [0, 0.1) is 0 Å². The second-order valence-electron chi connectivity index (χ2n) is 7.40. The number of urea groups is 1. The van der Waals surface area contributed by atoms with Crippen LogP contribution in [-0.2, 0) is 16.1 Å². The minimum absolute atomic E-state index is 0.140. The number of rotatable bonds is 4. The number of hydrogen-bond donors (Lipinski definition) is 1. The highest BCUT2D eigenvalue weighted by atomic mass is 32.1. The first-order chi connectivity index (χ1) is 12.6. The van der Waals surface area contributed by atoms with Crippen LogP contribution in [0.15, 0.2) is 16.8 Å². The number of amides is 4. The van der Waals surface area contributed by atoms with E-state index in [1.807, 2.05) is 0 Å². The quantitative estimate of drug-likeness (QED) is 0.803. The molecule has 4 rings (SSSR count). The van der Waals surface area contributed by atoms with Gasteiger partial charge in [-0.1, -0.05) is 12.8 Å². The van der Waals surface area contributed by atoms with E-state index in [9.17, 15) is 14.4 Å². The van der Waals surface area contributed by atoms with E-state index in [1.165, 1.54) is 5.56 Å². The molecule has 0 bridgehead atoms. The minimum atomic E-state index is -0.739. The summed E-state index contributed by atoms with van der Waals surface area (Å²) in [4.78, 5) is 42.7. The summed E-state index contributed by atoms with van der Waals surface area (Å²) in [7, 11) is 0. The lowest BCUT2D eigenvalue weighted by atomic mass is 9.98. The zero-order valence-corrected chi connectivity index (χ0v) is 15.6. The van der Waals surface area contributed by atoms with Gasteiger partial charge in [0.1, 0.15) is 12.1 Å². The van der Waals surface area contributed by atoms with Crippen LogP contribution in [0.1, 0.15) is 31.2 Å². The molecule has 1 saturated carbocycles. The predicted octanol–water partition coefficient (Wildman–Crippen LogP) is 1.26. The van der Waals surface area contributed by atoms with Crippen molar-refractivity contribution in [3.63, 3.8) is 0 Å². The fraction of sp³-hybridized carbons (Fsp3) is 0.611. The Kier molecular flexibility index (Phi) is 4.71. The van der Waals surface area contributed by atoms with Gasteiger partial charge in [0.05, 0.1) is 0 Å². The number of hydrogen-bond acceptors (Lipinski definition) is 5. The zero-order chi connectivity index (χ0) is 18.1. The first kappa shape index (κ1) is 17.5. The molecule has 8 heteroatoms. The van der Waals surface area contributed by atoms with E-state index in [-0.39, 0.29) is 18.4 Å². The van der Waals surface area contributed by atoms with Gasteiger partial charge in [-0.05, 0) is 35.2 Å². The average Bonchev–Trinajstić information content (AvgIpc) is 3.36. The van der Waals surface area contributed by atoms with Crippen LogP contribution in [0.4, 0.5) is 4.79 Å². The first-order valence-electron chi connectivity index (χ1n) is 9.23. The Bertz CT molecular complexity index is 691. The minimum Gasteiger partial charge on any atom is -0.339 e. The summed E-state index contributed by atoms with van der Waals surface area (Å²) in [5.41, 5.74) is 0.562. The van der Waals surface area contributed by atoms with Crippen LogP contribution in [0.25, 0.3) is 0 Å². The summed E-state index contributed by atoms with van der Waals surface area (Å²) < 4.78 is 0. The van der Waals surface area contributed by atoms with Gasteiger partial charge >= 0.3 is 6.03 Å². The fourth-order valence-electron chi connectivity index (χ4n) is 4.17. The normalized spacial score (nSPS) is 23.1. The van der Waals surface area contributed by atoms with Crippen LogP contribution in [0.5, 0.6) is 0 Å². The van der Waals surface area contributed by atoms with E-state index in [2.05, 4.69) is 27.0 Å². The third-order valence-electron chi connectivity index (χ3n) is 5.71. The second-order valence-corrected chi connectivity index (χ2v) is 8.18. The van der Waals surface area contributed by atoms with E-state index in [4.69, 9.17) is 0 Å². The molecule has 140 valence electrons. The summed E-state index contributed by atoms with van der Waals surface area (Å²) in [5.74, 6) is -0.358. The van der Waals surface area contributed by atoms with Crippen molar-refractivity contribution in [3.05, 3.63) is 22.4 Å². The number of nitrogens with one attached hydrogen (secondary N) is 1. The van der Waals surface area contributed by atoms with E-state index < -0.39 is 11.6 Å². The number of carbonyl (C=O) groups is 3. The molecule has 0 unspecified atom stereocenters. The standard InChI is InChI=1S/C18H24N4O3S/c23-15(12-22-16(24)18(19-17(22)25)4-1-2-5-18)21-8-6-20(7-9-21)11-14-3-10-26-13-14/h3,10,13H,1-2,4-9,11-12H2,(H,19,25). The Balaban J connectivity index is 1.30. The molecule has 1 N–H and O–H groups in total. The van der Waals surface area contributed by atoms with Gasteiger partial charge in [0.25, 0.3) is 5.91 Å². The number of thiophene rings is 1. The molecule has 3 fully saturated rings. The van der Waals surface area contributed by atoms with E-state index >= 15 is 0 Å². The van der Waals surface area contributed by atoms with Crippen LogP contribution in [0.2, 0.25) is 0 Å². The van der Waals surface area contributed by atoms with E-state index in [0.717, 1.165) is 37.4 Å². The Morgan fingerprint density at radius 3 is 2.54 bits per heavy atom. The maximum absolute atomic E-state index is 12.7. The van der Waals surface area contributed by atoms with Crippen LogP contribution in [-0.4, -0.2) is 70.8 Å². The molecule has 26 heavy (non-hydrogen) atoms. The monoisotopic (exact) mass is 376 g/mol. The topological polar surface area (TPSA) is 73.0 Å². The molecular weight excluding hydrogens is 352 g/mol. The number of imide groups is 1. The highest BCUT2D eigenvalue weighted by Crippen LogP contribution is 2.34. The third-order valence-corrected chi connectivity index (χ3v) is 6.44. The maximum atomic E-state index is 12.7. The third kappa shape index (κ3) is 3.23. The van der Waals surface area contributed by atoms with Crippen molar-refractivity contribution >= 4 is 29.2 Å². The molecule has 2 saturated heterocycles. The van der Waals surface area contributed by atoms with Gasteiger partial charge in [0, 0.05) is 32.7 Å². The SMILES string of the molecule is O=C(CN1C(=O)NC2(CCCC2)C1=O)N1CCN(Cc2ccsc2)CC1. The van der Waals surface area contributed by atoms with Crippen molar-refractivity contribution < 1.29 is 14.4 Å². The van der Waals surface area contributed by atoms with Gasteiger partial charge in [-0.2, -0.15) is 11.3 Å². The molecule has 0 atom stereocenters. The lowest BCUT2D eigenvalue weighted by Gasteiger charge is -2.35. The van der Waals surface area contributed by atoms with Gasteiger partial charge in [0.2, 0.25) is 5.91 Å². The molecule has 1 aromatic rings. The lowest BCUT2D eigenvalue weighted by Crippen LogP contribution is -2.52. The molecule has 0 aromatic carbocycles. The van der Waals surface area contributed by atoms with Crippen LogP contribution < -0.4 is 5.32 Å². The second kappa shape index (κ2) is 7.00. The van der Waals surface area contributed by atoms with Gasteiger partial charge in [-0.15, -0.1) is 0 Å². The molecule has 3 aliphatic rings. The number of nitrogens with zero attached hydrogens (tertiary/aromatic N) is 3. The van der Waals surface area contributed by atoms with Gasteiger partial charge in [-0.25, -0.2) is 4.79 Å². The van der Waals surface area contributed by atoms with Gasteiger partial charge < -0.3 is 10.2 Å². The lowest BCUT2D eigenvalue weighted by molar-refractivity contribution is -0.140. The number of carbonyl (C=O) groups excluding carboxylic acids is 3. The summed E-state index contributed by atoms with van der Waals surface area (Å²) in [6, 6.07) is 1.71. The largest absolute Gasteiger partial charge is 0.339 e. The Labute approximate surface area is 156 Å². The molecule has 3 heterocycles. The van der Waals surface area contributed by atoms with Crippen molar-refractivity contribution in [2.75, 3.05) is 32.7 Å². The summed E-state index contributed by atoms with van der Waals surface area (Å²) >= 11 is 1.69. The highest BCUT2D eigenvalue weighted by molar-refractivity contribution is 7.07. The molecule has 0 radical (unpaired) electrons. The number of piperazine rings is 1. The van der Waals surface area contributed by atoms with Crippen LogP contribution in [0.3, 0.4) is 0 Å². The van der Waals surface area contributed by atoms with E-state index in [1.54, 1.807) is 16.2 Å². The maximum Gasteiger partial charge on any atom is 0.325 e. The highest BCUT2D eigenvalue weighted by Gasteiger charge is 2.52. The van der Waals surface area contributed by atoms with Crippen LogP contribution >= 0.6 is 11.3 Å². The predicted molar refractivity (Wildman–Crippen MR) is 97.6 cm³/mol. The van der Waals surface area contributed by atoms with Gasteiger partial charge in [0.15, 0.2) is 0 Å². The molecule has 1 aliphatic carbocycles. The molecule has 7 nitrogen and oxygen atoms in total. The Hall–Kier alpha value is -1.93.